The predicted octanol–water partition coefficient (Wildman–Crippen LogP) is 2.38. The van der Waals surface area contributed by atoms with Gasteiger partial charge in [0.25, 0.3) is 0 Å². The number of nitrogens with one attached hydrogen (secondary N) is 2. The molecule has 0 radical (unpaired) electrons. The number of urea groups is 1. The molecule has 21 heavy (non-hydrogen) atoms. The highest BCUT2D eigenvalue weighted by Crippen LogP contribution is 2.15. The van der Waals surface area contributed by atoms with Crippen LogP contribution in [0.3, 0.4) is 0 Å². The normalized spacial score (nSPS) is 12.3. The highest BCUT2D eigenvalue weighted by Gasteiger charge is 2.09. The van der Waals surface area contributed by atoms with E-state index in [1.165, 1.54) is 5.56 Å². The number of anilines is 1. The third-order valence-corrected chi connectivity index (χ3v) is 3.54. The van der Waals surface area contributed by atoms with E-state index in [4.69, 9.17) is 0 Å². The molecule has 0 fully saturated rings. The molecule has 0 saturated carbocycles. The van der Waals surface area contributed by atoms with Crippen molar-refractivity contribution in [3.63, 3.8) is 0 Å². The number of amides is 2. The predicted molar refractivity (Wildman–Crippen MR) is 88.7 cm³/mol. The molecule has 0 aliphatic heterocycles. The molecule has 0 spiro atoms. The molecule has 1 aromatic rings. The van der Waals surface area contributed by atoms with E-state index in [2.05, 4.69) is 22.5 Å². The van der Waals surface area contributed by atoms with Crippen molar-refractivity contribution in [3.8, 4) is 0 Å². The van der Waals surface area contributed by atoms with E-state index in [0.29, 0.717) is 6.04 Å². The Morgan fingerprint density at radius 1 is 1.14 bits per heavy atom. The van der Waals surface area contributed by atoms with Gasteiger partial charge >= 0.3 is 6.03 Å². The maximum Gasteiger partial charge on any atom is 0.321 e. The first kappa shape index (κ1) is 17.5. The van der Waals surface area contributed by atoms with Crippen molar-refractivity contribution in [3.05, 3.63) is 29.8 Å². The van der Waals surface area contributed by atoms with Crippen molar-refractivity contribution < 1.29 is 4.79 Å². The molecule has 5 nitrogen and oxygen atoms in total. The summed E-state index contributed by atoms with van der Waals surface area (Å²) in [5, 5.41) is 6.11. The summed E-state index contributed by atoms with van der Waals surface area (Å²) in [5.41, 5.74) is 2.03. The van der Waals surface area contributed by atoms with Gasteiger partial charge in [0.2, 0.25) is 0 Å². The molecule has 0 saturated heterocycles. The fourth-order valence-electron chi connectivity index (χ4n) is 1.97. The number of nitrogens with zero attached hydrogens (tertiary/aromatic N) is 2. The Hall–Kier alpha value is -1.59. The van der Waals surface area contributed by atoms with Crippen LogP contribution in [0.1, 0.15) is 24.9 Å². The van der Waals surface area contributed by atoms with Crippen molar-refractivity contribution in [1.29, 1.82) is 0 Å². The molecule has 0 aromatic heterocycles. The third-order valence-electron chi connectivity index (χ3n) is 3.54. The Morgan fingerprint density at radius 3 is 2.29 bits per heavy atom. The van der Waals surface area contributed by atoms with Crippen LogP contribution in [0.4, 0.5) is 10.5 Å². The maximum atomic E-state index is 12.1. The van der Waals surface area contributed by atoms with Gasteiger partial charge in [0.05, 0.1) is 0 Å². The summed E-state index contributed by atoms with van der Waals surface area (Å²) in [6.45, 7) is 3.83. The van der Waals surface area contributed by atoms with E-state index >= 15 is 0 Å². The fraction of sp³-hybridized carbons (Fsp3) is 0.562. The van der Waals surface area contributed by atoms with E-state index in [-0.39, 0.29) is 6.03 Å². The van der Waals surface area contributed by atoms with Crippen LogP contribution in [0.5, 0.6) is 0 Å². The molecule has 118 valence electrons. The topological polar surface area (TPSA) is 47.6 Å². The lowest BCUT2D eigenvalue weighted by Gasteiger charge is -2.19. The molecule has 0 heterocycles. The Kier molecular flexibility index (Phi) is 7.19. The van der Waals surface area contributed by atoms with Crippen LogP contribution in [0.2, 0.25) is 0 Å². The first-order valence-corrected chi connectivity index (χ1v) is 7.38. The summed E-state index contributed by atoms with van der Waals surface area (Å²) < 4.78 is 0. The van der Waals surface area contributed by atoms with Crippen molar-refractivity contribution >= 4 is 11.7 Å². The molecule has 1 unspecified atom stereocenters. The second kappa shape index (κ2) is 8.64. The summed E-state index contributed by atoms with van der Waals surface area (Å²) in [7, 11) is 7.83. The highest BCUT2D eigenvalue weighted by molar-refractivity contribution is 5.89. The Balaban J connectivity index is 2.46. The summed E-state index contributed by atoms with van der Waals surface area (Å²) in [4.78, 5) is 15.9. The van der Waals surface area contributed by atoms with Gasteiger partial charge in [-0.3, -0.25) is 0 Å². The molecule has 0 bridgehead atoms. The molecular weight excluding hydrogens is 264 g/mol. The van der Waals surface area contributed by atoms with Gasteiger partial charge in [0, 0.05) is 25.3 Å². The monoisotopic (exact) mass is 292 g/mol. The number of hydrogen-bond acceptors (Lipinski definition) is 3. The molecular formula is C16H28N4O. The number of hydrogen-bond donors (Lipinski definition) is 2. The van der Waals surface area contributed by atoms with Gasteiger partial charge < -0.3 is 20.4 Å². The second-order valence-corrected chi connectivity index (χ2v) is 5.64. The van der Waals surface area contributed by atoms with Gasteiger partial charge in [0.15, 0.2) is 0 Å². The van der Waals surface area contributed by atoms with Crippen LogP contribution in [0.25, 0.3) is 0 Å². The first-order chi connectivity index (χ1) is 9.93. The molecule has 0 aliphatic rings. The Bertz CT molecular complexity index is 430. The quantitative estimate of drug-likeness (QED) is 0.811. The van der Waals surface area contributed by atoms with E-state index in [9.17, 15) is 4.79 Å². The van der Waals surface area contributed by atoms with Crippen LogP contribution in [0.15, 0.2) is 24.3 Å². The van der Waals surface area contributed by atoms with Gasteiger partial charge in [-0.2, -0.15) is 0 Å². The van der Waals surface area contributed by atoms with Crippen molar-refractivity contribution in [2.75, 3.05) is 46.6 Å². The first-order valence-electron chi connectivity index (χ1n) is 7.38. The number of benzene rings is 1. The van der Waals surface area contributed by atoms with Gasteiger partial charge in [-0.05, 0) is 58.7 Å². The van der Waals surface area contributed by atoms with Crippen LogP contribution in [-0.2, 0) is 0 Å². The zero-order valence-electron chi connectivity index (χ0n) is 13.8. The van der Waals surface area contributed by atoms with E-state index in [1.54, 1.807) is 4.90 Å². The fourth-order valence-corrected chi connectivity index (χ4v) is 1.97. The molecule has 0 aliphatic carbocycles. The molecule has 5 heteroatoms. The zero-order valence-corrected chi connectivity index (χ0v) is 13.8. The summed E-state index contributed by atoms with van der Waals surface area (Å²) in [6, 6.07) is 8.18. The minimum atomic E-state index is -0.0665. The van der Waals surface area contributed by atoms with E-state index < -0.39 is 0 Å². The third kappa shape index (κ3) is 6.14. The summed E-state index contributed by atoms with van der Waals surface area (Å²) in [5.74, 6) is 0. The molecule has 1 atom stereocenters. The summed E-state index contributed by atoms with van der Waals surface area (Å²) in [6.07, 6.45) is 0.968. The van der Waals surface area contributed by atoms with Crippen LogP contribution in [0, 0.1) is 0 Å². The average Bonchev–Trinajstić information content (AvgIpc) is 2.46. The van der Waals surface area contributed by atoms with Gasteiger partial charge in [0.1, 0.15) is 0 Å². The van der Waals surface area contributed by atoms with E-state index in [1.807, 2.05) is 52.5 Å². The van der Waals surface area contributed by atoms with E-state index in [0.717, 1.165) is 25.2 Å². The second-order valence-electron chi connectivity index (χ2n) is 5.64. The Labute approximate surface area is 128 Å². The lowest BCUT2D eigenvalue weighted by molar-refractivity contribution is 0.220. The maximum absolute atomic E-state index is 12.1. The minimum Gasteiger partial charge on any atom is -0.328 e. The average molecular weight is 292 g/mol. The molecule has 1 rings (SSSR count). The number of carbonyl (C=O) groups is 1. The van der Waals surface area contributed by atoms with Crippen molar-refractivity contribution in [1.82, 2.24) is 15.1 Å². The lowest BCUT2D eigenvalue weighted by atomic mass is 10.1. The number of rotatable bonds is 7. The van der Waals surface area contributed by atoms with Gasteiger partial charge in [-0.1, -0.05) is 12.1 Å². The Morgan fingerprint density at radius 2 is 1.76 bits per heavy atom. The van der Waals surface area contributed by atoms with Crippen LogP contribution < -0.4 is 10.6 Å². The van der Waals surface area contributed by atoms with Crippen molar-refractivity contribution in [2.45, 2.75) is 19.4 Å². The van der Waals surface area contributed by atoms with Crippen molar-refractivity contribution in [2.24, 2.45) is 0 Å². The largest absolute Gasteiger partial charge is 0.328 e. The van der Waals surface area contributed by atoms with Gasteiger partial charge in [-0.15, -0.1) is 0 Å². The summed E-state index contributed by atoms with van der Waals surface area (Å²) >= 11 is 0. The van der Waals surface area contributed by atoms with Gasteiger partial charge in [-0.25, -0.2) is 4.79 Å². The molecule has 1 aromatic carbocycles. The zero-order chi connectivity index (χ0) is 15.8. The van der Waals surface area contributed by atoms with Crippen LogP contribution in [-0.4, -0.2) is 57.1 Å². The molecule has 2 amide bonds. The molecule has 2 N–H and O–H groups in total. The minimum absolute atomic E-state index is 0.0665. The lowest BCUT2D eigenvalue weighted by Crippen LogP contribution is -2.33. The highest BCUT2D eigenvalue weighted by atomic mass is 16.2. The standard InChI is InChI=1S/C16H28N4O/c1-13(17-2)14-7-9-15(10-8-14)18-16(21)20(5)12-6-11-19(3)4/h7-10,13,17H,6,11-12H2,1-5H3,(H,18,21). The number of carbonyl (C=O) groups excluding carboxylic acids is 1. The smallest absolute Gasteiger partial charge is 0.321 e. The SMILES string of the molecule is CNC(C)c1ccc(NC(=O)N(C)CCCN(C)C)cc1. The van der Waals surface area contributed by atoms with Crippen LogP contribution >= 0.6 is 0 Å².